The Hall–Kier alpha value is -2.74. The third-order valence-corrected chi connectivity index (χ3v) is 5.27. The maximum absolute atomic E-state index is 13.0. The second-order valence-corrected chi connectivity index (χ2v) is 7.34. The van der Waals surface area contributed by atoms with Gasteiger partial charge >= 0.3 is 0 Å². The topological polar surface area (TPSA) is 99.9 Å². The lowest BCUT2D eigenvalue weighted by molar-refractivity contribution is 0.100. The van der Waals surface area contributed by atoms with Crippen molar-refractivity contribution in [3.63, 3.8) is 0 Å². The molecule has 1 heterocycles. The number of carbonyl (C=O) groups excluding carboxylic acids is 2. The number of carbonyl (C=O) groups is 2. The fourth-order valence-corrected chi connectivity index (χ4v) is 4.19. The van der Waals surface area contributed by atoms with Crippen molar-refractivity contribution in [3.05, 3.63) is 33.7 Å². The Balaban J connectivity index is 2.46. The number of nitrogens with two attached hydrogens (primary N) is 1. The van der Waals surface area contributed by atoms with E-state index in [1.54, 1.807) is 12.1 Å². The Bertz CT molecular complexity index is 864. The van der Waals surface area contributed by atoms with Gasteiger partial charge in [-0.2, -0.15) is 0 Å². The molecule has 0 saturated heterocycles. The zero-order chi connectivity index (χ0) is 21.6. The van der Waals surface area contributed by atoms with Crippen molar-refractivity contribution in [2.24, 2.45) is 5.73 Å². The van der Waals surface area contributed by atoms with Gasteiger partial charge < -0.3 is 25.3 Å². The van der Waals surface area contributed by atoms with Gasteiger partial charge in [0.15, 0.2) is 11.5 Å². The van der Waals surface area contributed by atoms with Crippen molar-refractivity contribution in [1.29, 1.82) is 0 Å². The van der Waals surface area contributed by atoms with Gasteiger partial charge in [0.05, 0.1) is 25.4 Å². The first kappa shape index (κ1) is 22.5. The number of rotatable bonds is 10. The van der Waals surface area contributed by atoms with Crippen molar-refractivity contribution in [2.45, 2.75) is 41.0 Å². The van der Waals surface area contributed by atoms with Crippen LogP contribution in [0.1, 0.15) is 58.9 Å². The van der Waals surface area contributed by atoms with Crippen molar-refractivity contribution < 1.29 is 23.8 Å². The number of primary amides is 1. The first-order valence-electron chi connectivity index (χ1n) is 9.67. The van der Waals surface area contributed by atoms with E-state index in [0.717, 1.165) is 10.4 Å². The smallest absolute Gasteiger partial charge is 0.256 e. The minimum Gasteiger partial charge on any atom is -0.490 e. The van der Waals surface area contributed by atoms with E-state index in [4.69, 9.17) is 19.9 Å². The maximum atomic E-state index is 13.0. The summed E-state index contributed by atoms with van der Waals surface area (Å²) in [6.07, 6.45) is 0.655. The maximum Gasteiger partial charge on any atom is 0.256 e. The molecule has 3 N–H and O–H groups in total. The molecule has 0 aliphatic heterocycles. The molecule has 0 saturated carbocycles. The summed E-state index contributed by atoms with van der Waals surface area (Å²) in [5.74, 6) is 0.375. The van der Waals surface area contributed by atoms with Gasteiger partial charge in [-0.25, -0.2) is 0 Å². The van der Waals surface area contributed by atoms with Gasteiger partial charge in [-0.15, -0.1) is 11.3 Å². The Morgan fingerprint density at radius 2 is 1.55 bits per heavy atom. The van der Waals surface area contributed by atoms with Crippen LogP contribution in [0.5, 0.6) is 17.2 Å². The van der Waals surface area contributed by atoms with E-state index in [9.17, 15) is 9.59 Å². The first-order valence-corrected chi connectivity index (χ1v) is 10.5. The molecule has 7 nitrogen and oxygen atoms in total. The molecule has 8 heteroatoms. The molecule has 1 aromatic heterocycles. The van der Waals surface area contributed by atoms with Gasteiger partial charge in [0.1, 0.15) is 5.00 Å². The van der Waals surface area contributed by atoms with Gasteiger partial charge in [0.2, 0.25) is 5.75 Å². The van der Waals surface area contributed by atoms with E-state index in [0.29, 0.717) is 59.6 Å². The van der Waals surface area contributed by atoms with E-state index in [-0.39, 0.29) is 5.91 Å². The first-order chi connectivity index (χ1) is 13.9. The van der Waals surface area contributed by atoms with Gasteiger partial charge in [-0.05, 0) is 51.8 Å². The van der Waals surface area contributed by atoms with Crippen molar-refractivity contribution in [2.75, 3.05) is 25.1 Å². The van der Waals surface area contributed by atoms with Crippen LogP contribution < -0.4 is 25.3 Å². The van der Waals surface area contributed by atoms with Crippen LogP contribution in [0.25, 0.3) is 0 Å². The zero-order valence-electron chi connectivity index (χ0n) is 17.5. The number of hydrogen-bond acceptors (Lipinski definition) is 6. The number of nitrogens with one attached hydrogen (secondary N) is 1. The number of amides is 2. The van der Waals surface area contributed by atoms with E-state index >= 15 is 0 Å². The molecule has 0 spiro atoms. The lowest BCUT2D eigenvalue weighted by Crippen LogP contribution is -2.18. The van der Waals surface area contributed by atoms with Crippen LogP contribution in [0.4, 0.5) is 5.00 Å². The highest BCUT2D eigenvalue weighted by molar-refractivity contribution is 7.16. The quantitative estimate of drug-likeness (QED) is 0.601. The van der Waals surface area contributed by atoms with Gasteiger partial charge in [0, 0.05) is 10.4 Å². The highest BCUT2D eigenvalue weighted by Gasteiger charge is 2.23. The van der Waals surface area contributed by atoms with Crippen LogP contribution in [-0.2, 0) is 6.42 Å². The third kappa shape index (κ3) is 5.00. The normalized spacial score (nSPS) is 10.5. The zero-order valence-corrected chi connectivity index (χ0v) is 18.3. The summed E-state index contributed by atoms with van der Waals surface area (Å²) < 4.78 is 17.0. The molecular weight excluding hydrogens is 392 g/mol. The summed E-state index contributed by atoms with van der Waals surface area (Å²) in [4.78, 5) is 25.9. The predicted octanol–water partition coefficient (Wildman–Crippen LogP) is 4.17. The van der Waals surface area contributed by atoms with Crippen LogP contribution in [0, 0.1) is 6.92 Å². The molecule has 2 amide bonds. The standard InChI is InChI=1S/C21H28N2O5S/c1-6-14-12(5)29-21(17(14)19(22)24)23-20(25)13-10-15(26-7-2)18(28-9-4)16(11-13)27-8-3/h10-11H,6-9H2,1-5H3,(H2,22,24)(H,23,25). The molecule has 1 aromatic carbocycles. The number of benzene rings is 1. The summed E-state index contributed by atoms with van der Waals surface area (Å²) >= 11 is 1.34. The van der Waals surface area contributed by atoms with Gasteiger partial charge in [-0.3, -0.25) is 9.59 Å². The number of thiophene rings is 1. The molecule has 2 aromatic rings. The minimum absolute atomic E-state index is 0.333. The molecular formula is C21H28N2O5S. The molecule has 0 aliphatic carbocycles. The van der Waals surface area contributed by atoms with Crippen LogP contribution in [0.3, 0.4) is 0 Å². The molecule has 0 atom stereocenters. The Morgan fingerprint density at radius 3 is 2.00 bits per heavy atom. The monoisotopic (exact) mass is 420 g/mol. The summed E-state index contributed by atoms with van der Waals surface area (Å²) in [5, 5.41) is 3.27. The molecule has 0 bridgehead atoms. The number of hydrogen-bond donors (Lipinski definition) is 2. The molecule has 0 fully saturated rings. The van der Waals surface area contributed by atoms with E-state index in [1.165, 1.54) is 11.3 Å². The SMILES string of the molecule is CCOc1cc(C(=O)Nc2sc(C)c(CC)c2C(N)=O)cc(OCC)c1OCC. The number of anilines is 1. The highest BCUT2D eigenvalue weighted by Crippen LogP contribution is 2.40. The summed E-state index contributed by atoms with van der Waals surface area (Å²) in [7, 11) is 0. The van der Waals surface area contributed by atoms with Gasteiger partial charge in [-0.1, -0.05) is 6.92 Å². The van der Waals surface area contributed by atoms with E-state index in [2.05, 4.69) is 5.32 Å². The summed E-state index contributed by atoms with van der Waals surface area (Å²) in [6.45, 7) is 10.7. The number of aryl methyl sites for hydroxylation is 1. The Morgan fingerprint density at radius 1 is 1.00 bits per heavy atom. The second-order valence-electron chi connectivity index (χ2n) is 6.11. The predicted molar refractivity (Wildman–Crippen MR) is 115 cm³/mol. The van der Waals surface area contributed by atoms with Crippen molar-refractivity contribution in [3.8, 4) is 17.2 Å². The lowest BCUT2D eigenvalue weighted by Gasteiger charge is -2.17. The average molecular weight is 421 g/mol. The largest absolute Gasteiger partial charge is 0.490 e. The Kier molecular flexibility index (Phi) is 7.90. The Labute approximate surface area is 175 Å². The fourth-order valence-electron chi connectivity index (χ4n) is 3.05. The molecule has 0 unspecified atom stereocenters. The average Bonchev–Trinajstić information content (AvgIpc) is 2.99. The highest BCUT2D eigenvalue weighted by atomic mass is 32.1. The van der Waals surface area contributed by atoms with E-state index in [1.807, 2.05) is 34.6 Å². The van der Waals surface area contributed by atoms with Crippen molar-refractivity contribution in [1.82, 2.24) is 0 Å². The van der Waals surface area contributed by atoms with Crippen LogP contribution >= 0.6 is 11.3 Å². The van der Waals surface area contributed by atoms with E-state index < -0.39 is 5.91 Å². The number of ether oxygens (including phenoxy) is 3. The summed E-state index contributed by atoms with van der Waals surface area (Å²) in [6, 6.07) is 3.22. The van der Waals surface area contributed by atoms with Crippen molar-refractivity contribution >= 4 is 28.2 Å². The van der Waals surface area contributed by atoms with Crippen LogP contribution in [-0.4, -0.2) is 31.6 Å². The van der Waals surface area contributed by atoms with Crippen LogP contribution in [0.2, 0.25) is 0 Å². The third-order valence-electron chi connectivity index (χ3n) is 4.21. The molecule has 0 radical (unpaired) electrons. The van der Waals surface area contributed by atoms with Gasteiger partial charge in [0.25, 0.3) is 11.8 Å². The minimum atomic E-state index is -0.557. The molecule has 2 rings (SSSR count). The fraction of sp³-hybridized carbons (Fsp3) is 0.429. The molecule has 0 aliphatic rings. The second kappa shape index (κ2) is 10.2. The molecule has 29 heavy (non-hydrogen) atoms. The molecule has 158 valence electrons. The van der Waals surface area contributed by atoms with Crippen LogP contribution in [0.15, 0.2) is 12.1 Å². The lowest BCUT2D eigenvalue weighted by atomic mass is 10.1. The summed E-state index contributed by atoms with van der Waals surface area (Å²) in [5.41, 5.74) is 7.11.